The van der Waals surface area contributed by atoms with E-state index in [0.717, 1.165) is 10.4 Å². The molecule has 3 N–H and O–H groups in total. The number of thiophene rings is 1. The minimum absolute atomic E-state index is 0.128. The van der Waals surface area contributed by atoms with Crippen molar-refractivity contribution in [3.63, 3.8) is 0 Å². The smallest absolute Gasteiger partial charge is 0.275 e. The van der Waals surface area contributed by atoms with Gasteiger partial charge in [0, 0.05) is 24.2 Å². The van der Waals surface area contributed by atoms with Crippen molar-refractivity contribution >= 4 is 27.1 Å². The van der Waals surface area contributed by atoms with E-state index in [4.69, 9.17) is 5.84 Å². The Morgan fingerprint density at radius 3 is 2.68 bits per heavy atom. The van der Waals surface area contributed by atoms with Crippen molar-refractivity contribution in [2.75, 3.05) is 25.6 Å². The van der Waals surface area contributed by atoms with Crippen LogP contribution < -0.4 is 11.3 Å². The summed E-state index contributed by atoms with van der Waals surface area (Å²) in [6.45, 7) is 3.00. The van der Waals surface area contributed by atoms with Crippen LogP contribution in [-0.2, 0) is 16.4 Å². The van der Waals surface area contributed by atoms with Crippen LogP contribution in [0.3, 0.4) is 0 Å². The molecule has 0 saturated carbocycles. The third-order valence-electron chi connectivity index (χ3n) is 2.66. The van der Waals surface area contributed by atoms with Gasteiger partial charge in [-0.05, 0) is 25.6 Å². The van der Waals surface area contributed by atoms with Crippen molar-refractivity contribution < 1.29 is 13.2 Å². The van der Waals surface area contributed by atoms with Crippen LogP contribution in [-0.4, -0.2) is 44.8 Å². The third-order valence-corrected chi connectivity index (χ3v) is 4.68. The monoisotopic (exact) mass is 305 g/mol. The molecule has 1 aromatic heterocycles. The molecule has 8 heteroatoms. The zero-order chi connectivity index (χ0) is 14.6. The molecule has 0 aliphatic heterocycles. The summed E-state index contributed by atoms with van der Waals surface area (Å²) < 4.78 is 22.2. The second-order valence-electron chi connectivity index (χ2n) is 4.53. The molecule has 108 valence electrons. The Hall–Kier alpha value is -0.960. The SMILES string of the molecule is Cc1sc(C(=O)NN)cc1CN(C)CCS(C)(=O)=O. The van der Waals surface area contributed by atoms with Gasteiger partial charge in [0.15, 0.2) is 0 Å². The summed E-state index contributed by atoms with van der Waals surface area (Å²) in [5, 5.41) is 0. The highest BCUT2D eigenvalue weighted by Crippen LogP contribution is 2.22. The number of hydrazine groups is 1. The number of rotatable bonds is 6. The van der Waals surface area contributed by atoms with Gasteiger partial charge in [-0.15, -0.1) is 11.3 Å². The number of nitrogen functional groups attached to an aromatic ring is 1. The Morgan fingerprint density at radius 1 is 1.53 bits per heavy atom. The predicted molar refractivity (Wildman–Crippen MR) is 76.8 cm³/mol. The first-order chi connectivity index (χ1) is 8.73. The van der Waals surface area contributed by atoms with Crippen LogP contribution in [0, 0.1) is 6.92 Å². The Balaban J connectivity index is 2.66. The normalized spacial score (nSPS) is 11.8. The minimum Gasteiger partial charge on any atom is -0.301 e. The van der Waals surface area contributed by atoms with E-state index in [0.29, 0.717) is 18.0 Å². The van der Waals surface area contributed by atoms with Gasteiger partial charge >= 0.3 is 0 Å². The Labute approximate surface area is 117 Å². The molecule has 1 amide bonds. The lowest BCUT2D eigenvalue weighted by Crippen LogP contribution is -2.29. The molecule has 6 nitrogen and oxygen atoms in total. The summed E-state index contributed by atoms with van der Waals surface area (Å²) in [5.74, 6) is 4.91. The topological polar surface area (TPSA) is 92.5 Å². The van der Waals surface area contributed by atoms with Gasteiger partial charge in [-0.1, -0.05) is 0 Å². The van der Waals surface area contributed by atoms with Crippen LogP contribution in [0.5, 0.6) is 0 Å². The number of carbonyl (C=O) groups excluding carboxylic acids is 1. The standard InChI is InChI=1S/C11H19N3O3S2/c1-8-9(6-10(18-8)11(15)13-12)7-14(2)4-5-19(3,16)17/h6H,4-5,7,12H2,1-3H3,(H,13,15). The van der Waals surface area contributed by atoms with E-state index in [1.165, 1.54) is 17.6 Å². The van der Waals surface area contributed by atoms with Crippen molar-refractivity contribution in [1.29, 1.82) is 0 Å². The van der Waals surface area contributed by atoms with Gasteiger partial charge in [0.05, 0.1) is 10.6 Å². The van der Waals surface area contributed by atoms with Crippen LogP contribution in [0.25, 0.3) is 0 Å². The van der Waals surface area contributed by atoms with E-state index < -0.39 is 9.84 Å². The summed E-state index contributed by atoms with van der Waals surface area (Å²) in [7, 11) is -1.10. The first-order valence-corrected chi connectivity index (χ1v) is 8.57. The molecule has 0 spiro atoms. The van der Waals surface area contributed by atoms with Gasteiger partial charge in [-0.2, -0.15) is 0 Å². The van der Waals surface area contributed by atoms with Crippen LogP contribution >= 0.6 is 11.3 Å². The van der Waals surface area contributed by atoms with E-state index in [1.807, 2.05) is 18.9 Å². The maximum atomic E-state index is 11.4. The van der Waals surface area contributed by atoms with Crippen molar-refractivity contribution in [2.45, 2.75) is 13.5 Å². The zero-order valence-corrected chi connectivity index (χ0v) is 12.9. The average Bonchev–Trinajstić information content (AvgIpc) is 2.66. The van der Waals surface area contributed by atoms with Crippen LogP contribution in [0.4, 0.5) is 0 Å². The lowest BCUT2D eigenvalue weighted by Gasteiger charge is -2.15. The Bertz CT molecular complexity index is 552. The number of nitrogens with two attached hydrogens (primary N) is 1. The predicted octanol–water partition coefficient (Wildman–Crippen LogP) is 0.136. The first-order valence-electron chi connectivity index (χ1n) is 5.69. The van der Waals surface area contributed by atoms with Gasteiger partial charge in [0.25, 0.3) is 5.91 Å². The van der Waals surface area contributed by atoms with Crippen LogP contribution in [0.1, 0.15) is 20.1 Å². The third kappa shape index (κ3) is 5.27. The highest BCUT2D eigenvalue weighted by Gasteiger charge is 2.13. The molecule has 0 atom stereocenters. The van der Waals surface area contributed by atoms with Crippen molar-refractivity contribution in [2.24, 2.45) is 5.84 Å². The fourth-order valence-corrected chi connectivity index (χ4v) is 3.13. The summed E-state index contributed by atoms with van der Waals surface area (Å²) >= 11 is 1.38. The van der Waals surface area contributed by atoms with E-state index in [2.05, 4.69) is 5.43 Å². The van der Waals surface area contributed by atoms with Gasteiger partial charge < -0.3 is 4.90 Å². The van der Waals surface area contributed by atoms with Crippen LogP contribution in [0.15, 0.2) is 6.07 Å². The molecule has 1 aromatic rings. The molecule has 0 aromatic carbocycles. The summed E-state index contributed by atoms with van der Waals surface area (Å²) in [5.41, 5.74) is 3.11. The van der Waals surface area contributed by atoms with Crippen molar-refractivity contribution in [1.82, 2.24) is 10.3 Å². The van der Waals surface area contributed by atoms with Crippen LogP contribution in [0.2, 0.25) is 0 Å². The molecule has 0 saturated heterocycles. The average molecular weight is 305 g/mol. The lowest BCUT2D eigenvalue weighted by molar-refractivity contribution is 0.0957. The fourth-order valence-electron chi connectivity index (χ4n) is 1.55. The minimum atomic E-state index is -2.95. The number of amides is 1. The van der Waals surface area contributed by atoms with Gasteiger partial charge in [-0.25, -0.2) is 14.3 Å². The molecular formula is C11H19N3O3S2. The van der Waals surface area contributed by atoms with E-state index >= 15 is 0 Å². The lowest BCUT2D eigenvalue weighted by atomic mass is 10.2. The summed E-state index contributed by atoms with van der Waals surface area (Å²) in [6.07, 6.45) is 1.22. The van der Waals surface area contributed by atoms with Gasteiger partial charge in [-0.3, -0.25) is 10.2 Å². The molecule has 1 rings (SSSR count). The maximum Gasteiger partial charge on any atom is 0.275 e. The number of hydrogen-bond donors (Lipinski definition) is 2. The second-order valence-corrected chi connectivity index (χ2v) is 8.05. The molecule has 0 fully saturated rings. The number of nitrogens with zero attached hydrogens (tertiary/aromatic N) is 1. The zero-order valence-electron chi connectivity index (χ0n) is 11.3. The van der Waals surface area contributed by atoms with E-state index in [1.54, 1.807) is 6.07 Å². The Kier molecular flexibility index (Phi) is 5.48. The highest BCUT2D eigenvalue weighted by molar-refractivity contribution is 7.90. The number of nitrogens with one attached hydrogen (secondary N) is 1. The number of aryl methyl sites for hydroxylation is 1. The van der Waals surface area contributed by atoms with Crippen molar-refractivity contribution in [3.05, 3.63) is 21.4 Å². The summed E-state index contributed by atoms with van der Waals surface area (Å²) in [4.78, 5) is 14.9. The number of sulfone groups is 1. The quantitative estimate of drug-likeness (QED) is 0.443. The first kappa shape index (κ1) is 16.1. The largest absolute Gasteiger partial charge is 0.301 e. The molecule has 0 radical (unpaired) electrons. The molecule has 0 aliphatic carbocycles. The molecule has 19 heavy (non-hydrogen) atoms. The van der Waals surface area contributed by atoms with Crippen molar-refractivity contribution in [3.8, 4) is 0 Å². The van der Waals surface area contributed by atoms with Gasteiger partial charge in [0.2, 0.25) is 0 Å². The summed E-state index contributed by atoms with van der Waals surface area (Å²) in [6, 6.07) is 1.79. The molecule has 0 bridgehead atoms. The second kappa shape index (κ2) is 6.47. The fraction of sp³-hybridized carbons (Fsp3) is 0.545. The number of hydrogen-bond acceptors (Lipinski definition) is 6. The molecule has 1 heterocycles. The Morgan fingerprint density at radius 2 is 2.16 bits per heavy atom. The maximum absolute atomic E-state index is 11.4. The molecular weight excluding hydrogens is 286 g/mol. The van der Waals surface area contributed by atoms with Gasteiger partial charge in [0.1, 0.15) is 9.84 Å². The molecule has 0 aliphatic rings. The molecule has 0 unspecified atom stereocenters. The van der Waals surface area contributed by atoms with E-state index in [9.17, 15) is 13.2 Å². The number of carbonyl (C=O) groups is 1. The highest BCUT2D eigenvalue weighted by atomic mass is 32.2. The van der Waals surface area contributed by atoms with E-state index in [-0.39, 0.29) is 11.7 Å².